The van der Waals surface area contributed by atoms with Crippen LogP contribution in [0, 0.1) is 6.92 Å². The predicted octanol–water partition coefficient (Wildman–Crippen LogP) is 8.73. The first-order chi connectivity index (χ1) is 17.4. The molecular formula is C28H21Br2ClN2O3. The normalized spacial score (nSPS) is 10.9. The van der Waals surface area contributed by atoms with Crippen LogP contribution in [-0.2, 0) is 4.79 Å². The molecule has 8 heteroatoms. The second-order valence-electron chi connectivity index (χ2n) is 7.77. The minimum absolute atomic E-state index is 0.182. The average molecular weight is 629 g/mol. The zero-order valence-corrected chi connectivity index (χ0v) is 23.1. The zero-order chi connectivity index (χ0) is 25.5. The Labute approximate surface area is 231 Å². The predicted molar refractivity (Wildman–Crippen MR) is 152 cm³/mol. The van der Waals surface area contributed by atoms with Crippen LogP contribution >= 0.6 is 43.5 Å². The highest BCUT2D eigenvalue weighted by atomic mass is 79.9. The number of aryl methyl sites for hydroxylation is 1. The second kappa shape index (κ2) is 12.2. The molecule has 0 aliphatic carbocycles. The van der Waals surface area contributed by atoms with Crippen LogP contribution < -0.4 is 14.8 Å². The molecule has 0 unspecified atom stereocenters. The van der Waals surface area contributed by atoms with E-state index in [0.29, 0.717) is 26.5 Å². The molecule has 1 amide bonds. The number of rotatable bonds is 8. The Morgan fingerprint density at radius 3 is 2.42 bits per heavy atom. The lowest BCUT2D eigenvalue weighted by molar-refractivity contribution is -0.118. The third-order valence-corrected chi connectivity index (χ3v) is 6.46. The molecule has 182 valence electrons. The van der Waals surface area contributed by atoms with E-state index in [1.54, 1.807) is 18.3 Å². The molecule has 0 saturated heterocycles. The fourth-order valence-corrected chi connectivity index (χ4v) is 4.76. The summed E-state index contributed by atoms with van der Waals surface area (Å²) in [5.74, 6) is 1.68. The lowest BCUT2D eigenvalue weighted by Crippen LogP contribution is -2.20. The van der Waals surface area contributed by atoms with E-state index in [9.17, 15) is 4.79 Å². The van der Waals surface area contributed by atoms with Gasteiger partial charge in [0.05, 0.1) is 10.2 Å². The Hall–Kier alpha value is -3.13. The van der Waals surface area contributed by atoms with Gasteiger partial charge >= 0.3 is 0 Å². The standard InChI is InChI=1S/C28H21Br2ClN2O3/c1-18-7-8-22(15-26(18)31)33-27(34)17-35-28-19(13-20(29)14-25(28)30)16-32-21-9-11-24(12-10-21)36-23-5-3-2-4-6-23/h2-16H,17H2,1H3,(H,33,34). The fourth-order valence-electron chi connectivity index (χ4n) is 3.20. The van der Waals surface area contributed by atoms with Crippen molar-refractivity contribution >= 4 is 67.0 Å². The van der Waals surface area contributed by atoms with Gasteiger partial charge in [-0.1, -0.05) is 51.8 Å². The van der Waals surface area contributed by atoms with Crippen molar-refractivity contribution in [2.75, 3.05) is 11.9 Å². The summed E-state index contributed by atoms with van der Waals surface area (Å²) >= 11 is 13.2. The van der Waals surface area contributed by atoms with Gasteiger partial charge in [-0.2, -0.15) is 0 Å². The number of amides is 1. The number of carbonyl (C=O) groups excluding carboxylic acids is 1. The third kappa shape index (κ3) is 7.20. The number of nitrogens with one attached hydrogen (secondary N) is 1. The van der Waals surface area contributed by atoms with E-state index >= 15 is 0 Å². The van der Waals surface area contributed by atoms with Gasteiger partial charge in [0.25, 0.3) is 5.91 Å². The molecule has 0 aliphatic rings. The number of aliphatic imine (C=N–C) groups is 1. The summed E-state index contributed by atoms with van der Waals surface area (Å²) in [6.07, 6.45) is 1.69. The molecule has 5 nitrogen and oxygen atoms in total. The molecule has 4 rings (SSSR count). The van der Waals surface area contributed by atoms with Crippen molar-refractivity contribution in [3.8, 4) is 17.2 Å². The molecule has 0 bridgehead atoms. The van der Waals surface area contributed by atoms with Gasteiger partial charge in [0, 0.05) is 27.0 Å². The maximum Gasteiger partial charge on any atom is 0.262 e. The minimum atomic E-state index is -0.304. The Bertz CT molecular complexity index is 1390. The van der Waals surface area contributed by atoms with E-state index in [1.165, 1.54) is 0 Å². The number of hydrogen-bond acceptors (Lipinski definition) is 4. The molecule has 0 radical (unpaired) electrons. The number of ether oxygens (including phenoxy) is 2. The van der Waals surface area contributed by atoms with Crippen LogP contribution in [0.15, 0.2) is 98.9 Å². The maximum atomic E-state index is 12.5. The maximum absolute atomic E-state index is 12.5. The molecule has 36 heavy (non-hydrogen) atoms. The first kappa shape index (κ1) is 25.9. The van der Waals surface area contributed by atoms with Crippen molar-refractivity contribution in [2.45, 2.75) is 6.92 Å². The summed E-state index contributed by atoms with van der Waals surface area (Å²) in [5.41, 5.74) is 2.99. The van der Waals surface area contributed by atoms with Gasteiger partial charge in [0.1, 0.15) is 17.2 Å². The van der Waals surface area contributed by atoms with Crippen molar-refractivity contribution in [1.82, 2.24) is 0 Å². The summed E-state index contributed by atoms with van der Waals surface area (Å²) in [7, 11) is 0. The van der Waals surface area contributed by atoms with Gasteiger partial charge < -0.3 is 14.8 Å². The molecule has 0 heterocycles. The molecule has 0 spiro atoms. The quantitative estimate of drug-likeness (QED) is 0.199. The fraction of sp³-hybridized carbons (Fsp3) is 0.0714. The van der Waals surface area contributed by atoms with Crippen molar-refractivity contribution in [1.29, 1.82) is 0 Å². The summed E-state index contributed by atoms with van der Waals surface area (Å²) in [6, 6.07) is 26.1. The van der Waals surface area contributed by atoms with E-state index in [0.717, 1.165) is 27.2 Å². The number of halogens is 3. The first-order valence-electron chi connectivity index (χ1n) is 10.9. The molecular weight excluding hydrogens is 608 g/mol. The number of anilines is 1. The largest absolute Gasteiger partial charge is 0.482 e. The van der Waals surface area contributed by atoms with Crippen LogP contribution in [0.3, 0.4) is 0 Å². The van der Waals surface area contributed by atoms with E-state index in [1.807, 2.05) is 79.7 Å². The molecule has 0 atom stereocenters. The van der Waals surface area contributed by atoms with Crippen LogP contribution in [-0.4, -0.2) is 18.7 Å². The van der Waals surface area contributed by atoms with Gasteiger partial charge in [0.15, 0.2) is 6.61 Å². The lowest BCUT2D eigenvalue weighted by Gasteiger charge is -2.12. The van der Waals surface area contributed by atoms with E-state index < -0.39 is 0 Å². The Kier molecular flexibility index (Phi) is 8.80. The zero-order valence-electron chi connectivity index (χ0n) is 19.2. The first-order valence-corrected chi connectivity index (χ1v) is 12.9. The third-order valence-electron chi connectivity index (χ3n) is 5.01. The van der Waals surface area contributed by atoms with Gasteiger partial charge in [-0.15, -0.1) is 0 Å². The molecule has 0 aliphatic heterocycles. The summed E-state index contributed by atoms with van der Waals surface area (Å²) in [4.78, 5) is 17.0. The number of hydrogen-bond donors (Lipinski definition) is 1. The highest BCUT2D eigenvalue weighted by Gasteiger charge is 2.12. The molecule has 4 aromatic rings. The smallest absolute Gasteiger partial charge is 0.262 e. The minimum Gasteiger partial charge on any atom is -0.482 e. The highest BCUT2D eigenvalue weighted by Crippen LogP contribution is 2.33. The molecule has 0 aromatic heterocycles. The summed E-state index contributed by atoms with van der Waals surface area (Å²) in [5, 5.41) is 3.38. The highest BCUT2D eigenvalue weighted by molar-refractivity contribution is 9.11. The van der Waals surface area contributed by atoms with Crippen molar-refractivity contribution in [3.05, 3.63) is 110 Å². The van der Waals surface area contributed by atoms with Crippen LogP contribution in [0.5, 0.6) is 17.2 Å². The number of nitrogens with zero attached hydrogens (tertiary/aromatic N) is 1. The van der Waals surface area contributed by atoms with E-state index in [4.69, 9.17) is 21.1 Å². The summed E-state index contributed by atoms with van der Waals surface area (Å²) in [6.45, 7) is 1.72. The Morgan fingerprint density at radius 1 is 0.972 bits per heavy atom. The molecule has 0 saturated carbocycles. The number of para-hydroxylation sites is 1. The van der Waals surface area contributed by atoms with E-state index in [-0.39, 0.29) is 12.5 Å². The van der Waals surface area contributed by atoms with Crippen LogP contribution in [0.25, 0.3) is 0 Å². The van der Waals surface area contributed by atoms with Crippen molar-refractivity contribution in [2.24, 2.45) is 4.99 Å². The second-order valence-corrected chi connectivity index (χ2v) is 9.95. The monoisotopic (exact) mass is 626 g/mol. The Morgan fingerprint density at radius 2 is 1.69 bits per heavy atom. The Balaban J connectivity index is 1.44. The van der Waals surface area contributed by atoms with Gasteiger partial charge in [0.2, 0.25) is 0 Å². The van der Waals surface area contributed by atoms with Gasteiger partial charge in [-0.3, -0.25) is 9.79 Å². The van der Waals surface area contributed by atoms with Gasteiger partial charge in [-0.25, -0.2) is 0 Å². The van der Waals surface area contributed by atoms with Crippen LogP contribution in [0.1, 0.15) is 11.1 Å². The lowest BCUT2D eigenvalue weighted by atomic mass is 10.2. The van der Waals surface area contributed by atoms with Crippen molar-refractivity contribution < 1.29 is 14.3 Å². The van der Waals surface area contributed by atoms with Crippen LogP contribution in [0.4, 0.5) is 11.4 Å². The number of benzene rings is 4. The molecule has 4 aromatic carbocycles. The SMILES string of the molecule is Cc1ccc(NC(=O)COc2c(Br)cc(Br)cc2C=Nc2ccc(Oc3ccccc3)cc2)cc1Cl. The van der Waals surface area contributed by atoms with Gasteiger partial charge in [-0.05, 0) is 89.1 Å². The molecule has 0 fully saturated rings. The molecule has 1 N–H and O–H groups in total. The number of carbonyl (C=O) groups is 1. The topological polar surface area (TPSA) is 59.9 Å². The van der Waals surface area contributed by atoms with E-state index in [2.05, 4.69) is 42.2 Å². The van der Waals surface area contributed by atoms with Crippen molar-refractivity contribution in [3.63, 3.8) is 0 Å². The van der Waals surface area contributed by atoms with Crippen LogP contribution in [0.2, 0.25) is 5.02 Å². The average Bonchev–Trinajstić information content (AvgIpc) is 2.86. The summed E-state index contributed by atoms with van der Waals surface area (Å²) < 4.78 is 13.2.